The molecular weight excluding hydrogens is 548 g/mol. The highest BCUT2D eigenvalue weighted by molar-refractivity contribution is 6.30. The number of halogens is 9. The van der Waals surface area contributed by atoms with Crippen LogP contribution in [0.5, 0.6) is 5.75 Å². The van der Waals surface area contributed by atoms with E-state index in [-0.39, 0.29) is 22.7 Å². The van der Waals surface area contributed by atoms with Crippen molar-refractivity contribution in [2.45, 2.75) is 43.5 Å². The van der Waals surface area contributed by atoms with Crippen LogP contribution in [0.25, 0.3) is 0 Å². The lowest BCUT2D eigenvalue weighted by Gasteiger charge is -2.36. The number of carbonyl (C=O) groups is 1. The standard InChI is InChI=1S/C25H19ClF8N2O2/c26-17-6-7-20(35-14-17)23(13-15-4-2-1-3-5-15,36-21(37)8-9-24(30,31)32)16-10-18(27)12-19(11-16)38-25(33,34)22(28)29/h1-7,10-12,14,22H,8-9,13H2,(H,36,37). The van der Waals surface area contributed by atoms with Gasteiger partial charge in [-0.3, -0.25) is 9.78 Å². The number of carbonyl (C=O) groups excluding carboxylic acids is 1. The van der Waals surface area contributed by atoms with Gasteiger partial charge in [0, 0.05) is 25.1 Å². The van der Waals surface area contributed by atoms with Gasteiger partial charge >= 0.3 is 18.7 Å². The molecule has 0 saturated heterocycles. The molecular formula is C25H19ClF8N2O2. The second kappa shape index (κ2) is 11.5. The number of pyridine rings is 1. The van der Waals surface area contributed by atoms with Crippen LogP contribution in [0.4, 0.5) is 35.1 Å². The SMILES string of the molecule is O=C(CCC(F)(F)F)NC(Cc1ccccc1)(c1cc(F)cc(OC(F)(F)C(F)F)c1)c1ccc(Cl)cn1. The first-order valence-corrected chi connectivity index (χ1v) is 11.3. The minimum Gasteiger partial charge on any atom is -0.428 e. The molecule has 0 bridgehead atoms. The summed E-state index contributed by atoms with van der Waals surface area (Å²) < 4.78 is 110. The van der Waals surface area contributed by atoms with Gasteiger partial charge in [0.1, 0.15) is 17.1 Å². The second-order valence-electron chi connectivity index (χ2n) is 8.23. The lowest BCUT2D eigenvalue weighted by atomic mass is 9.80. The number of aromatic nitrogens is 1. The van der Waals surface area contributed by atoms with Crippen LogP contribution in [0.3, 0.4) is 0 Å². The van der Waals surface area contributed by atoms with Crippen LogP contribution < -0.4 is 10.1 Å². The molecule has 0 spiro atoms. The Morgan fingerprint density at radius 3 is 2.26 bits per heavy atom. The zero-order chi connectivity index (χ0) is 28.1. The third-order valence-electron chi connectivity index (χ3n) is 5.34. The lowest BCUT2D eigenvalue weighted by Crippen LogP contribution is -2.49. The van der Waals surface area contributed by atoms with Crippen LogP contribution in [0.2, 0.25) is 5.02 Å². The smallest absolute Gasteiger partial charge is 0.428 e. The molecule has 3 rings (SSSR count). The number of alkyl halides is 7. The van der Waals surface area contributed by atoms with E-state index in [0.717, 1.165) is 18.3 Å². The molecule has 0 radical (unpaired) electrons. The fourth-order valence-corrected chi connectivity index (χ4v) is 3.79. The predicted octanol–water partition coefficient (Wildman–Crippen LogP) is 7.06. The van der Waals surface area contributed by atoms with E-state index in [2.05, 4.69) is 15.0 Å². The summed E-state index contributed by atoms with van der Waals surface area (Å²) in [5.74, 6) is -3.35. The number of nitrogens with one attached hydrogen (secondary N) is 1. The van der Waals surface area contributed by atoms with Crippen molar-refractivity contribution < 1.29 is 44.7 Å². The molecule has 0 aliphatic heterocycles. The van der Waals surface area contributed by atoms with Crippen molar-refractivity contribution in [3.8, 4) is 5.75 Å². The van der Waals surface area contributed by atoms with Crippen molar-refractivity contribution in [1.29, 1.82) is 0 Å². The minimum absolute atomic E-state index is 0.0525. The molecule has 3 aromatic rings. The van der Waals surface area contributed by atoms with E-state index in [1.807, 2.05) is 0 Å². The predicted molar refractivity (Wildman–Crippen MR) is 122 cm³/mol. The summed E-state index contributed by atoms with van der Waals surface area (Å²) in [7, 11) is 0. The van der Waals surface area contributed by atoms with Crippen molar-refractivity contribution in [2.24, 2.45) is 0 Å². The lowest BCUT2D eigenvalue weighted by molar-refractivity contribution is -0.253. The van der Waals surface area contributed by atoms with E-state index < -0.39 is 54.6 Å². The number of ether oxygens (including phenoxy) is 1. The average molecular weight is 567 g/mol. The van der Waals surface area contributed by atoms with Gasteiger partial charge in [-0.1, -0.05) is 41.9 Å². The van der Waals surface area contributed by atoms with Gasteiger partial charge < -0.3 is 10.1 Å². The highest BCUT2D eigenvalue weighted by Gasteiger charge is 2.45. The molecule has 0 fully saturated rings. The van der Waals surface area contributed by atoms with Gasteiger partial charge in [0.25, 0.3) is 0 Å². The Kier molecular flexibility index (Phi) is 8.86. The number of rotatable bonds is 10. The number of hydrogen-bond acceptors (Lipinski definition) is 3. The number of nitrogens with zero attached hydrogens (tertiary/aromatic N) is 1. The summed E-state index contributed by atoms with van der Waals surface area (Å²) in [6, 6.07) is 12.7. The van der Waals surface area contributed by atoms with Gasteiger partial charge in [0.2, 0.25) is 5.91 Å². The Bertz CT molecular complexity index is 1240. The van der Waals surface area contributed by atoms with E-state index in [4.69, 9.17) is 11.6 Å². The van der Waals surface area contributed by atoms with Crippen molar-refractivity contribution in [2.75, 3.05) is 0 Å². The maximum absolute atomic E-state index is 14.7. The first kappa shape index (κ1) is 29.2. The van der Waals surface area contributed by atoms with Gasteiger partial charge in [-0.25, -0.2) is 4.39 Å². The largest absolute Gasteiger partial charge is 0.461 e. The normalized spacial score (nSPS) is 13.7. The topological polar surface area (TPSA) is 51.2 Å². The third-order valence-corrected chi connectivity index (χ3v) is 5.56. The van der Waals surface area contributed by atoms with Gasteiger partial charge in [-0.15, -0.1) is 0 Å². The van der Waals surface area contributed by atoms with Gasteiger partial charge in [0.05, 0.1) is 17.1 Å². The van der Waals surface area contributed by atoms with Crippen LogP contribution in [-0.4, -0.2) is 29.6 Å². The second-order valence-corrected chi connectivity index (χ2v) is 8.67. The minimum atomic E-state index is -4.98. The van der Waals surface area contributed by atoms with E-state index in [1.165, 1.54) is 12.1 Å². The van der Waals surface area contributed by atoms with Crippen LogP contribution in [0.15, 0.2) is 66.9 Å². The monoisotopic (exact) mass is 566 g/mol. The molecule has 0 saturated carbocycles. The van der Waals surface area contributed by atoms with E-state index in [9.17, 15) is 39.9 Å². The van der Waals surface area contributed by atoms with E-state index in [0.29, 0.717) is 11.6 Å². The summed E-state index contributed by atoms with van der Waals surface area (Å²) in [4.78, 5) is 16.9. The maximum atomic E-state index is 14.7. The summed E-state index contributed by atoms with van der Waals surface area (Å²) in [6.07, 6.45) is -15.5. The van der Waals surface area contributed by atoms with Crippen LogP contribution in [0, 0.1) is 5.82 Å². The summed E-state index contributed by atoms with van der Waals surface area (Å²) >= 11 is 5.92. The molecule has 1 heterocycles. The summed E-state index contributed by atoms with van der Waals surface area (Å²) in [5, 5.41) is 2.59. The van der Waals surface area contributed by atoms with E-state index >= 15 is 0 Å². The number of amides is 1. The third kappa shape index (κ3) is 7.56. The Balaban J connectivity index is 2.21. The quantitative estimate of drug-likeness (QED) is 0.267. The molecule has 1 unspecified atom stereocenters. The molecule has 0 aliphatic carbocycles. The maximum Gasteiger partial charge on any atom is 0.461 e. The zero-order valence-corrected chi connectivity index (χ0v) is 20.0. The fourth-order valence-electron chi connectivity index (χ4n) is 3.68. The Morgan fingerprint density at radius 2 is 1.68 bits per heavy atom. The highest BCUT2D eigenvalue weighted by Crippen LogP contribution is 2.37. The molecule has 1 atom stereocenters. The summed E-state index contributed by atoms with van der Waals surface area (Å²) in [5.41, 5.74) is -1.85. The first-order chi connectivity index (χ1) is 17.7. The first-order valence-electron chi connectivity index (χ1n) is 10.9. The highest BCUT2D eigenvalue weighted by atomic mass is 35.5. The molecule has 0 aliphatic rings. The van der Waals surface area contributed by atoms with Crippen LogP contribution in [-0.2, 0) is 16.8 Å². The van der Waals surface area contributed by atoms with Crippen molar-refractivity contribution >= 4 is 17.5 Å². The van der Waals surface area contributed by atoms with Crippen molar-refractivity contribution in [1.82, 2.24) is 10.3 Å². The number of benzene rings is 2. The molecule has 2 aromatic carbocycles. The average Bonchev–Trinajstić information content (AvgIpc) is 2.82. The van der Waals surface area contributed by atoms with Gasteiger partial charge in [0.15, 0.2) is 0 Å². The Morgan fingerprint density at radius 1 is 1.00 bits per heavy atom. The molecule has 1 aromatic heterocycles. The van der Waals surface area contributed by atoms with E-state index in [1.54, 1.807) is 30.3 Å². The molecule has 38 heavy (non-hydrogen) atoms. The van der Waals surface area contributed by atoms with Crippen LogP contribution >= 0.6 is 11.6 Å². The molecule has 1 amide bonds. The fraction of sp³-hybridized carbons (Fsp3) is 0.280. The number of hydrogen-bond donors (Lipinski definition) is 1. The van der Waals surface area contributed by atoms with Crippen LogP contribution in [0.1, 0.15) is 29.7 Å². The Hall–Kier alpha value is -3.41. The summed E-state index contributed by atoms with van der Waals surface area (Å²) in [6.45, 7) is 0. The Labute approximate surface area is 216 Å². The molecule has 13 heteroatoms. The molecule has 1 N–H and O–H groups in total. The molecule has 204 valence electrons. The molecule has 4 nitrogen and oxygen atoms in total. The van der Waals surface area contributed by atoms with Crippen molar-refractivity contribution in [3.05, 3.63) is 94.5 Å². The van der Waals surface area contributed by atoms with Gasteiger partial charge in [-0.05, 0) is 35.4 Å². The van der Waals surface area contributed by atoms with Crippen molar-refractivity contribution in [3.63, 3.8) is 0 Å². The zero-order valence-electron chi connectivity index (χ0n) is 19.2. The van der Waals surface area contributed by atoms with Gasteiger partial charge in [-0.2, -0.15) is 30.7 Å².